The van der Waals surface area contributed by atoms with Crippen LogP contribution in [0, 0.1) is 6.92 Å². The average molecular weight is 235 g/mol. The number of aryl methyl sites for hydroxylation is 1. The normalized spacial score (nSPS) is 10.6. The Hall–Kier alpha value is -1.09. The van der Waals surface area contributed by atoms with Crippen LogP contribution in [-0.2, 0) is 6.42 Å². The van der Waals surface area contributed by atoms with Crippen molar-refractivity contribution in [2.45, 2.75) is 40.0 Å². The van der Waals surface area contributed by atoms with E-state index in [1.165, 1.54) is 24.0 Å². The second-order valence-electron chi connectivity index (χ2n) is 4.46. The smallest absolute Gasteiger partial charge is 0.131 e. The number of pyridine rings is 1. The van der Waals surface area contributed by atoms with E-state index in [0.29, 0.717) is 6.54 Å². The van der Waals surface area contributed by atoms with Crippen LogP contribution in [0.3, 0.4) is 0 Å². The van der Waals surface area contributed by atoms with Gasteiger partial charge >= 0.3 is 0 Å². The summed E-state index contributed by atoms with van der Waals surface area (Å²) in [4.78, 5) is 6.94. The minimum Gasteiger partial charge on any atom is -0.357 e. The van der Waals surface area contributed by atoms with Gasteiger partial charge in [0.25, 0.3) is 0 Å². The minimum absolute atomic E-state index is 0.688. The number of hydrogen-bond donors (Lipinski definition) is 1. The molecule has 0 atom stereocenters. The zero-order valence-electron chi connectivity index (χ0n) is 11.4. The molecule has 96 valence electrons. The SMILES string of the molecule is CCCCN(CC)c1ncc(CCN)cc1C. The lowest BCUT2D eigenvalue weighted by atomic mass is 10.1. The molecule has 3 heteroatoms. The lowest BCUT2D eigenvalue weighted by Gasteiger charge is -2.23. The van der Waals surface area contributed by atoms with Gasteiger partial charge in [-0.2, -0.15) is 0 Å². The number of hydrogen-bond acceptors (Lipinski definition) is 3. The number of nitrogens with zero attached hydrogens (tertiary/aromatic N) is 2. The van der Waals surface area contributed by atoms with Gasteiger partial charge in [0.2, 0.25) is 0 Å². The third-order valence-electron chi connectivity index (χ3n) is 3.00. The third kappa shape index (κ3) is 4.00. The molecular weight excluding hydrogens is 210 g/mol. The first kappa shape index (κ1) is 14.0. The molecule has 0 saturated heterocycles. The minimum atomic E-state index is 0.688. The second kappa shape index (κ2) is 7.28. The van der Waals surface area contributed by atoms with Crippen LogP contribution in [0.15, 0.2) is 12.3 Å². The summed E-state index contributed by atoms with van der Waals surface area (Å²) < 4.78 is 0. The highest BCUT2D eigenvalue weighted by Crippen LogP contribution is 2.18. The molecule has 0 saturated carbocycles. The highest BCUT2D eigenvalue weighted by atomic mass is 15.2. The van der Waals surface area contributed by atoms with Gasteiger partial charge in [-0.1, -0.05) is 19.4 Å². The van der Waals surface area contributed by atoms with E-state index >= 15 is 0 Å². The first-order valence-corrected chi connectivity index (χ1v) is 6.63. The lowest BCUT2D eigenvalue weighted by molar-refractivity contribution is 0.721. The van der Waals surface area contributed by atoms with Crippen LogP contribution >= 0.6 is 0 Å². The van der Waals surface area contributed by atoms with E-state index in [1.807, 2.05) is 6.20 Å². The fourth-order valence-electron chi connectivity index (χ4n) is 2.02. The Morgan fingerprint density at radius 2 is 2.12 bits per heavy atom. The molecule has 0 radical (unpaired) electrons. The van der Waals surface area contributed by atoms with Gasteiger partial charge in [0.05, 0.1) is 0 Å². The third-order valence-corrected chi connectivity index (χ3v) is 3.00. The summed E-state index contributed by atoms with van der Waals surface area (Å²) in [5, 5.41) is 0. The van der Waals surface area contributed by atoms with Gasteiger partial charge in [0, 0.05) is 19.3 Å². The molecule has 1 aromatic heterocycles. The molecule has 1 heterocycles. The summed E-state index contributed by atoms with van der Waals surface area (Å²) in [7, 11) is 0. The quantitative estimate of drug-likeness (QED) is 0.789. The van der Waals surface area contributed by atoms with Crippen LogP contribution in [0.4, 0.5) is 5.82 Å². The first-order chi connectivity index (χ1) is 8.22. The molecule has 1 aromatic rings. The standard InChI is InChI=1S/C14H25N3/c1-4-6-9-17(5-2)14-12(3)10-13(7-8-15)11-16-14/h10-11H,4-9,15H2,1-3H3. The van der Waals surface area contributed by atoms with Crippen LogP contribution in [0.2, 0.25) is 0 Å². The summed E-state index contributed by atoms with van der Waals surface area (Å²) in [5.74, 6) is 1.13. The maximum absolute atomic E-state index is 5.56. The number of rotatable bonds is 7. The van der Waals surface area contributed by atoms with E-state index in [0.717, 1.165) is 25.3 Å². The molecule has 0 aliphatic rings. The Kier molecular flexibility index (Phi) is 5.98. The highest BCUT2D eigenvalue weighted by Gasteiger charge is 2.08. The molecule has 3 nitrogen and oxygen atoms in total. The summed E-state index contributed by atoms with van der Waals surface area (Å²) >= 11 is 0. The van der Waals surface area contributed by atoms with Gasteiger partial charge < -0.3 is 10.6 Å². The molecule has 0 fully saturated rings. The first-order valence-electron chi connectivity index (χ1n) is 6.63. The van der Waals surface area contributed by atoms with Crippen molar-refractivity contribution < 1.29 is 0 Å². The molecule has 0 unspecified atom stereocenters. The Morgan fingerprint density at radius 1 is 1.35 bits per heavy atom. The zero-order chi connectivity index (χ0) is 12.7. The van der Waals surface area contributed by atoms with E-state index in [2.05, 4.69) is 36.7 Å². The molecule has 17 heavy (non-hydrogen) atoms. The monoisotopic (exact) mass is 235 g/mol. The van der Waals surface area contributed by atoms with Crippen LogP contribution in [0.5, 0.6) is 0 Å². The number of nitrogens with two attached hydrogens (primary N) is 1. The van der Waals surface area contributed by atoms with Crippen molar-refractivity contribution >= 4 is 5.82 Å². The van der Waals surface area contributed by atoms with Crippen LogP contribution in [0.1, 0.15) is 37.8 Å². The van der Waals surface area contributed by atoms with E-state index in [1.54, 1.807) is 0 Å². The van der Waals surface area contributed by atoms with Crippen molar-refractivity contribution in [3.63, 3.8) is 0 Å². The van der Waals surface area contributed by atoms with E-state index in [9.17, 15) is 0 Å². The Bertz CT molecular complexity index is 336. The van der Waals surface area contributed by atoms with Gasteiger partial charge in [0.15, 0.2) is 0 Å². The fourth-order valence-corrected chi connectivity index (χ4v) is 2.02. The van der Waals surface area contributed by atoms with Gasteiger partial charge in [-0.3, -0.25) is 0 Å². The topological polar surface area (TPSA) is 42.2 Å². The molecular formula is C14H25N3. The second-order valence-corrected chi connectivity index (χ2v) is 4.46. The summed E-state index contributed by atoms with van der Waals surface area (Å²) in [5.41, 5.74) is 8.06. The number of unbranched alkanes of at least 4 members (excludes halogenated alkanes) is 1. The Labute approximate surface area is 105 Å². The summed E-state index contributed by atoms with van der Waals surface area (Å²) in [6.07, 6.45) is 5.32. The van der Waals surface area contributed by atoms with Crippen LogP contribution in [-0.4, -0.2) is 24.6 Å². The van der Waals surface area contributed by atoms with E-state index in [-0.39, 0.29) is 0 Å². The van der Waals surface area contributed by atoms with Crippen molar-refractivity contribution in [1.82, 2.24) is 4.98 Å². The van der Waals surface area contributed by atoms with Crippen molar-refractivity contribution in [2.75, 3.05) is 24.5 Å². The molecule has 1 rings (SSSR count). The van der Waals surface area contributed by atoms with Crippen LogP contribution < -0.4 is 10.6 Å². The largest absolute Gasteiger partial charge is 0.357 e. The fraction of sp³-hybridized carbons (Fsp3) is 0.643. The molecule has 0 amide bonds. The van der Waals surface area contributed by atoms with Crippen molar-refractivity contribution in [3.8, 4) is 0 Å². The van der Waals surface area contributed by atoms with E-state index in [4.69, 9.17) is 5.73 Å². The predicted molar refractivity (Wildman–Crippen MR) is 74.5 cm³/mol. The van der Waals surface area contributed by atoms with Gasteiger partial charge in [-0.05, 0) is 44.4 Å². The lowest BCUT2D eigenvalue weighted by Crippen LogP contribution is -2.25. The molecule has 2 N–H and O–H groups in total. The highest BCUT2D eigenvalue weighted by molar-refractivity contribution is 5.47. The zero-order valence-corrected chi connectivity index (χ0v) is 11.4. The van der Waals surface area contributed by atoms with Crippen molar-refractivity contribution in [2.24, 2.45) is 5.73 Å². The maximum atomic E-state index is 5.56. The van der Waals surface area contributed by atoms with Gasteiger partial charge in [-0.15, -0.1) is 0 Å². The van der Waals surface area contributed by atoms with Crippen molar-refractivity contribution in [1.29, 1.82) is 0 Å². The Balaban J connectivity index is 2.81. The van der Waals surface area contributed by atoms with E-state index < -0.39 is 0 Å². The molecule has 0 aliphatic heterocycles. The van der Waals surface area contributed by atoms with Crippen LogP contribution in [0.25, 0.3) is 0 Å². The van der Waals surface area contributed by atoms with Crippen molar-refractivity contribution in [3.05, 3.63) is 23.4 Å². The summed E-state index contributed by atoms with van der Waals surface area (Å²) in [6.45, 7) is 9.34. The average Bonchev–Trinajstić information content (AvgIpc) is 2.32. The molecule has 0 spiro atoms. The number of aromatic nitrogens is 1. The van der Waals surface area contributed by atoms with Gasteiger partial charge in [-0.25, -0.2) is 4.98 Å². The Morgan fingerprint density at radius 3 is 2.65 bits per heavy atom. The molecule has 0 aromatic carbocycles. The number of anilines is 1. The van der Waals surface area contributed by atoms with Gasteiger partial charge in [0.1, 0.15) is 5.82 Å². The summed E-state index contributed by atoms with van der Waals surface area (Å²) in [6, 6.07) is 2.21. The molecule has 0 aliphatic carbocycles. The maximum Gasteiger partial charge on any atom is 0.131 e. The molecule has 0 bridgehead atoms. The predicted octanol–water partition coefficient (Wildman–Crippen LogP) is 2.52.